The molecule has 1 fully saturated rings. The second-order valence-corrected chi connectivity index (χ2v) is 5.51. The van der Waals surface area contributed by atoms with E-state index >= 15 is 0 Å². The number of hydrogen-bond donors (Lipinski definition) is 1. The predicted octanol–water partition coefficient (Wildman–Crippen LogP) is 2.28. The average Bonchev–Trinajstić information content (AvgIpc) is 2.32. The Hall–Kier alpha value is -0.120. The lowest BCUT2D eigenvalue weighted by Gasteiger charge is -2.44. The van der Waals surface area contributed by atoms with Gasteiger partial charge in [-0.25, -0.2) is 0 Å². The van der Waals surface area contributed by atoms with Gasteiger partial charge in [0.25, 0.3) is 0 Å². The van der Waals surface area contributed by atoms with E-state index in [-0.39, 0.29) is 11.6 Å². The van der Waals surface area contributed by atoms with E-state index in [9.17, 15) is 5.11 Å². The standard InChI is InChI=1S/C14H29NO2/c1-5-14(6-2,15(3)4)13(16)11-12-7-9-17-10-8-12/h12-13,16H,5-11H2,1-4H3. The van der Waals surface area contributed by atoms with Gasteiger partial charge in [0.1, 0.15) is 0 Å². The van der Waals surface area contributed by atoms with Crippen molar-refractivity contribution in [2.75, 3.05) is 27.3 Å². The first kappa shape index (κ1) is 14.9. The summed E-state index contributed by atoms with van der Waals surface area (Å²) >= 11 is 0. The molecular weight excluding hydrogens is 214 g/mol. The molecule has 1 rings (SSSR count). The number of aliphatic hydroxyl groups is 1. The number of likely N-dealkylation sites (N-methyl/N-ethyl adjacent to an activating group) is 1. The summed E-state index contributed by atoms with van der Waals surface area (Å²) in [6.45, 7) is 6.09. The Morgan fingerprint density at radius 3 is 2.18 bits per heavy atom. The fourth-order valence-corrected chi connectivity index (χ4v) is 3.17. The van der Waals surface area contributed by atoms with Crippen LogP contribution in [0.3, 0.4) is 0 Å². The minimum Gasteiger partial charge on any atom is -0.391 e. The summed E-state index contributed by atoms with van der Waals surface area (Å²) in [4.78, 5) is 2.21. The largest absolute Gasteiger partial charge is 0.391 e. The highest BCUT2D eigenvalue weighted by Crippen LogP contribution is 2.31. The third-order valence-corrected chi connectivity index (χ3v) is 4.63. The lowest BCUT2D eigenvalue weighted by molar-refractivity contribution is -0.0377. The van der Waals surface area contributed by atoms with Crippen LogP contribution in [0.1, 0.15) is 46.0 Å². The third-order valence-electron chi connectivity index (χ3n) is 4.63. The molecule has 102 valence electrons. The number of hydrogen-bond acceptors (Lipinski definition) is 3. The van der Waals surface area contributed by atoms with Crippen molar-refractivity contribution in [2.24, 2.45) is 5.92 Å². The van der Waals surface area contributed by atoms with Gasteiger partial charge in [-0.2, -0.15) is 0 Å². The maximum atomic E-state index is 10.6. The summed E-state index contributed by atoms with van der Waals surface area (Å²) in [5.41, 5.74) is -0.0572. The van der Waals surface area contributed by atoms with Crippen molar-refractivity contribution in [3.05, 3.63) is 0 Å². The third kappa shape index (κ3) is 3.43. The molecule has 0 amide bonds. The van der Waals surface area contributed by atoms with E-state index < -0.39 is 0 Å². The molecule has 1 saturated heterocycles. The highest BCUT2D eigenvalue weighted by molar-refractivity contribution is 4.93. The molecule has 1 heterocycles. The van der Waals surface area contributed by atoms with Gasteiger partial charge < -0.3 is 14.7 Å². The molecule has 0 spiro atoms. The van der Waals surface area contributed by atoms with E-state index in [4.69, 9.17) is 4.74 Å². The van der Waals surface area contributed by atoms with Gasteiger partial charge in [-0.1, -0.05) is 13.8 Å². The Kier molecular flexibility index (Phi) is 5.90. The fourth-order valence-electron chi connectivity index (χ4n) is 3.17. The zero-order valence-electron chi connectivity index (χ0n) is 11.9. The highest BCUT2D eigenvalue weighted by Gasteiger charge is 2.37. The van der Waals surface area contributed by atoms with Crippen LogP contribution in [0.25, 0.3) is 0 Å². The molecule has 1 aliphatic heterocycles. The van der Waals surface area contributed by atoms with Crippen molar-refractivity contribution in [1.82, 2.24) is 4.90 Å². The van der Waals surface area contributed by atoms with Gasteiger partial charge in [0.05, 0.1) is 6.10 Å². The number of ether oxygens (including phenoxy) is 1. The SMILES string of the molecule is CCC(CC)(C(O)CC1CCOCC1)N(C)C. The van der Waals surface area contributed by atoms with Crippen molar-refractivity contribution >= 4 is 0 Å². The zero-order chi connectivity index (χ0) is 12.9. The Morgan fingerprint density at radius 2 is 1.76 bits per heavy atom. The highest BCUT2D eigenvalue weighted by atomic mass is 16.5. The van der Waals surface area contributed by atoms with Gasteiger partial charge in [-0.05, 0) is 52.1 Å². The first-order chi connectivity index (χ1) is 8.06. The molecule has 1 aliphatic rings. The summed E-state index contributed by atoms with van der Waals surface area (Å²) in [5, 5.41) is 10.6. The molecular formula is C14H29NO2. The smallest absolute Gasteiger partial charge is 0.0726 e. The van der Waals surface area contributed by atoms with Crippen LogP contribution in [0.5, 0.6) is 0 Å². The fraction of sp³-hybridized carbons (Fsp3) is 1.00. The second kappa shape index (κ2) is 6.72. The molecule has 0 aromatic carbocycles. The monoisotopic (exact) mass is 243 g/mol. The van der Waals surface area contributed by atoms with Crippen molar-refractivity contribution < 1.29 is 9.84 Å². The number of aliphatic hydroxyl groups excluding tert-OH is 1. The molecule has 17 heavy (non-hydrogen) atoms. The molecule has 0 radical (unpaired) electrons. The molecule has 1 atom stereocenters. The summed E-state index contributed by atoms with van der Waals surface area (Å²) in [6.07, 6.45) is 4.91. The molecule has 0 aliphatic carbocycles. The first-order valence-electron chi connectivity index (χ1n) is 7.00. The van der Waals surface area contributed by atoms with E-state index in [0.717, 1.165) is 45.3 Å². The molecule has 0 saturated carbocycles. The molecule has 0 aromatic rings. The minimum absolute atomic E-state index is 0.0572. The van der Waals surface area contributed by atoms with Gasteiger partial charge in [0.2, 0.25) is 0 Å². The van der Waals surface area contributed by atoms with Gasteiger partial charge >= 0.3 is 0 Å². The average molecular weight is 243 g/mol. The molecule has 1 N–H and O–H groups in total. The summed E-state index contributed by atoms with van der Waals surface area (Å²) in [6, 6.07) is 0. The van der Waals surface area contributed by atoms with Crippen molar-refractivity contribution in [2.45, 2.75) is 57.6 Å². The van der Waals surface area contributed by atoms with Crippen LogP contribution in [-0.2, 0) is 4.74 Å². The van der Waals surface area contributed by atoms with Crippen molar-refractivity contribution in [3.63, 3.8) is 0 Å². The molecule has 3 heteroatoms. The molecule has 1 unspecified atom stereocenters. The number of rotatable bonds is 6. The van der Waals surface area contributed by atoms with Crippen LogP contribution in [0, 0.1) is 5.92 Å². The predicted molar refractivity (Wildman–Crippen MR) is 71.2 cm³/mol. The Bertz CT molecular complexity index is 208. The lowest BCUT2D eigenvalue weighted by atomic mass is 9.79. The van der Waals surface area contributed by atoms with E-state index in [2.05, 4.69) is 32.8 Å². The normalized spacial score (nSPS) is 20.8. The Morgan fingerprint density at radius 1 is 1.24 bits per heavy atom. The molecule has 0 aromatic heterocycles. The van der Waals surface area contributed by atoms with Crippen LogP contribution in [0.2, 0.25) is 0 Å². The second-order valence-electron chi connectivity index (χ2n) is 5.51. The van der Waals surface area contributed by atoms with Crippen molar-refractivity contribution in [3.8, 4) is 0 Å². The molecule has 0 bridgehead atoms. The van der Waals surface area contributed by atoms with Gasteiger partial charge in [0, 0.05) is 18.8 Å². The maximum absolute atomic E-state index is 10.6. The van der Waals surface area contributed by atoms with Gasteiger partial charge in [-0.15, -0.1) is 0 Å². The van der Waals surface area contributed by atoms with Crippen LogP contribution in [0.15, 0.2) is 0 Å². The van der Waals surface area contributed by atoms with Gasteiger partial charge in [0.15, 0.2) is 0 Å². The number of nitrogens with zero attached hydrogens (tertiary/aromatic N) is 1. The zero-order valence-corrected chi connectivity index (χ0v) is 11.9. The van der Waals surface area contributed by atoms with Crippen LogP contribution in [-0.4, -0.2) is 49.0 Å². The van der Waals surface area contributed by atoms with Crippen molar-refractivity contribution in [1.29, 1.82) is 0 Å². The van der Waals surface area contributed by atoms with Gasteiger partial charge in [-0.3, -0.25) is 0 Å². The summed E-state index contributed by atoms with van der Waals surface area (Å²) in [7, 11) is 4.17. The van der Waals surface area contributed by atoms with E-state index in [0.29, 0.717) is 5.92 Å². The van der Waals surface area contributed by atoms with Crippen LogP contribution >= 0.6 is 0 Å². The summed E-state index contributed by atoms with van der Waals surface area (Å²) in [5.74, 6) is 0.635. The van der Waals surface area contributed by atoms with Crippen LogP contribution in [0.4, 0.5) is 0 Å². The van der Waals surface area contributed by atoms with E-state index in [1.807, 2.05) is 0 Å². The Balaban J connectivity index is 2.60. The lowest BCUT2D eigenvalue weighted by Crippen LogP contribution is -2.53. The minimum atomic E-state index is -0.226. The van der Waals surface area contributed by atoms with E-state index in [1.54, 1.807) is 0 Å². The topological polar surface area (TPSA) is 32.7 Å². The van der Waals surface area contributed by atoms with Crippen LogP contribution < -0.4 is 0 Å². The first-order valence-corrected chi connectivity index (χ1v) is 7.00. The summed E-state index contributed by atoms with van der Waals surface area (Å²) < 4.78 is 5.37. The maximum Gasteiger partial charge on any atom is 0.0726 e. The quantitative estimate of drug-likeness (QED) is 0.777. The Labute approximate surface area is 106 Å². The molecule has 3 nitrogen and oxygen atoms in total. The van der Waals surface area contributed by atoms with E-state index in [1.165, 1.54) is 0 Å².